The van der Waals surface area contributed by atoms with Gasteiger partial charge in [0, 0.05) is 19.1 Å². The van der Waals surface area contributed by atoms with Crippen LogP contribution in [0.4, 0.5) is 0 Å². The first-order chi connectivity index (χ1) is 13.1. The topological polar surface area (TPSA) is 53.4 Å². The molecule has 0 bridgehead atoms. The highest BCUT2D eigenvalue weighted by Gasteiger charge is 2.32. The van der Waals surface area contributed by atoms with Crippen LogP contribution in [-0.4, -0.2) is 49.9 Å². The highest BCUT2D eigenvalue weighted by molar-refractivity contribution is 7.80. The van der Waals surface area contributed by atoms with Crippen molar-refractivity contribution < 1.29 is 4.79 Å². The molecule has 1 saturated carbocycles. The fraction of sp³-hybridized carbons (Fsp3) is 0.450. The molecule has 1 amide bonds. The number of nitrogens with zero attached hydrogens (tertiary/aromatic N) is 4. The van der Waals surface area contributed by atoms with Crippen molar-refractivity contribution in [3.05, 3.63) is 47.8 Å². The Morgan fingerprint density at radius 2 is 1.81 bits per heavy atom. The van der Waals surface area contributed by atoms with Gasteiger partial charge in [-0.25, -0.2) is 9.69 Å². The number of aromatic nitrogens is 2. The summed E-state index contributed by atoms with van der Waals surface area (Å²) in [7, 11) is 0. The maximum Gasteiger partial charge on any atom is 0.275 e. The van der Waals surface area contributed by atoms with Gasteiger partial charge in [0.05, 0.1) is 23.1 Å². The molecule has 1 aromatic heterocycles. The highest BCUT2D eigenvalue weighted by atomic mass is 32.1. The second-order valence-electron chi connectivity index (χ2n) is 7.23. The van der Waals surface area contributed by atoms with E-state index in [2.05, 4.69) is 10.4 Å². The molecule has 1 aliphatic carbocycles. The number of thiocarbonyl (C=S) groups is 1. The van der Waals surface area contributed by atoms with Crippen LogP contribution in [0.5, 0.6) is 0 Å². The van der Waals surface area contributed by atoms with Gasteiger partial charge >= 0.3 is 0 Å². The van der Waals surface area contributed by atoms with Gasteiger partial charge in [-0.3, -0.25) is 9.80 Å². The largest absolute Gasteiger partial charge is 0.358 e. The maximum atomic E-state index is 13.2. The fourth-order valence-corrected chi connectivity index (χ4v) is 4.30. The molecule has 142 valence electrons. The Morgan fingerprint density at radius 3 is 2.56 bits per heavy atom. The molecule has 1 aromatic carbocycles. The van der Waals surface area contributed by atoms with Gasteiger partial charge in [0.25, 0.3) is 5.91 Å². The average molecular weight is 384 g/mol. The van der Waals surface area contributed by atoms with E-state index in [1.165, 1.54) is 12.8 Å². The summed E-state index contributed by atoms with van der Waals surface area (Å²) in [5, 5.41) is 12.2. The Balaban J connectivity index is 1.51. The van der Waals surface area contributed by atoms with Gasteiger partial charge < -0.3 is 5.32 Å². The molecule has 0 unspecified atom stereocenters. The minimum atomic E-state index is -0.0391. The molecule has 2 aromatic rings. The highest BCUT2D eigenvalue weighted by Crippen LogP contribution is 2.22. The molecule has 2 fully saturated rings. The van der Waals surface area contributed by atoms with E-state index in [1.807, 2.05) is 46.9 Å². The molecule has 0 radical (unpaired) electrons. The van der Waals surface area contributed by atoms with Gasteiger partial charge in [0.1, 0.15) is 0 Å². The molecule has 1 saturated heterocycles. The third-order valence-corrected chi connectivity index (χ3v) is 5.75. The Morgan fingerprint density at radius 1 is 1.11 bits per heavy atom. The molecule has 0 atom stereocenters. The van der Waals surface area contributed by atoms with Crippen LogP contribution < -0.4 is 5.32 Å². The van der Waals surface area contributed by atoms with Crippen LogP contribution in [0.15, 0.2) is 36.5 Å². The lowest BCUT2D eigenvalue weighted by atomic mass is 10.2. The Labute approximate surface area is 165 Å². The monoisotopic (exact) mass is 383 g/mol. The Hall–Kier alpha value is -2.41. The number of hydrogen-bond donors (Lipinski definition) is 1. The molecule has 2 aliphatic rings. The third kappa shape index (κ3) is 3.56. The van der Waals surface area contributed by atoms with E-state index >= 15 is 0 Å². The number of carbonyl (C=O) groups is 1. The lowest BCUT2D eigenvalue weighted by Crippen LogP contribution is -2.51. The number of hydrogen-bond acceptors (Lipinski definition) is 3. The van der Waals surface area contributed by atoms with Gasteiger partial charge in [-0.15, -0.1) is 0 Å². The summed E-state index contributed by atoms with van der Waals surface area (Å²) in [6.45, 7) is 3.39. The first kappa shape index (κ1) is 18.0. The number of carbonyl (C=O) groups excluding carboxylic acids is 1. The predicted octanol–water partition coefficient (Wildman–Crippen LogP) is 3.06. The van der Waals surface area contributed by atoms with Crippen LogP contribution in [0.25, 0.3) is 5.69 Å². The van der Waals surface area contributed by atoms with E-state index in [4.69, 9.17) is 12.2 Å². The molecule has 27 heavy (non-hydrogen) atoms. The molecule has 2 heterocycles. The van der Waals surface area contributed by atoms with Crippen LogP contribution in [0, 0.1) is 6.92 Å². The molecule has 0 spiro atoms. The van der Waals surface area contributed by atoms with Crippen LogP contribution >= 0.6 is 12.2 Å². The van der Waals surface area contributed by atoms with Crippen molar-refractivity contribution in [2.45, 2.75) is 45.1 Å². The van der Waals surface area contributed by atoms with E-state index < -0.39 is 0 Å². The first-order valence-corrected chi connectivity index (χ1v) is 10.1. The molecular formula is C20H25N5OS. The summed E-state index contributed by atoms with van der Waals surface area (Å²) < 4.78 is 1.81. The Bertz CT molecular complexity index is 828. The summed E-state index contributed by atoms with van der Waals surface area (Å²) >= 11 is 5.61. The summed E-state index contributed by atoms with van der Waals surface area (Å²) in [5.74, 6) is -0.0391. The fourth-order valence-electron chi connectivity index (χ4n) is 3.94. The third-order valence-electron chi connectivity index (χ3n) is 5.42. The SMILES string of the molecule is Cc1c(C(=O)N2CCCN2C(=S)NC2CCCC2)cnn1-c1ccccc1. The molecular weight excluding hydrogens is 358 g/mol. The molecule has 7 heteroatoms. The van der Waals surface area contributed by atoms with Crippen LogP contribution in [0.3, 0.4) is 0 Å². The van der Waals surface area contributed by atoms with Gasteiger partial charge in [0.2, 0.25) is 0 Å². The standard InChI is InChI=1S/C20H25N5OS/c1-15-18(14-21-25(15)17-10-3-2-4-11-17)19(26)23-12-7-13-24(23)20(27)22-16-8-5-6-9-16/h2-4,10-11,14,16H,5-9,12-13H2,1H3,(H,22,27). The zero-order valence-corrected chi connectivity index (χ0v) is 16.4. The van der Waals surface area contributed by atoms with Crippen LogP contribution in [-0.2, 0) is 0 Å². The second kappa shape index (κ2) is 7.68. The number of nitrogens with one attached hydrogen (secondary N) is 1. The molecule has 1 aliphatic heterocycles. The van der Waals surface area contributed by atoms with Crippen LogP contribution in [0.2, 0.25) is 0 Å². The minimum absolute atomic E-state index is 0.0391. The quantitative estimate of drug-likeness (QED) is 0.826. The number of rotatable bonds is 3. The number of benzene rings is 1. The summed E-state index contributed by atoms with van der Waals surface area (Å²) in [4.78, 5) is 13.2. The van der Waals surface area contributed by atoms with Crippen molar-refractivity contribution in [2.75, 3.05) is 13.1 Å². The lowest BCUT2D eigenvalue weighted by molar-refractivity contribution is 0.0489. The van der Waals surface area contributed by atoms with Gasteiger partial charge in [-0.05, 0) is 50.5 Å². The molecule has 4 rings (SSSR count). The van der Waals surface area contributed by atoms with Crippen molar-refractivity contribution in [3.8, 4) is 5.69 Å². The lowest BCUT2D eigenvalue weighted by Gasteiger charge is -2.31. The maximum absolute atomic E-state index is 13.2. The van der Waals surface area contributed by atoms with E-state index in [1.54, 1.807) is 11.2 Å². The van der Waals surface area contributed by atoms with Crippen molar-refractivity contribution in [3.63, 3.8) is 0 Å². The van der Waals surface area contributed by atoms with Gasteiger partial charge in [-0.1, -0.05) is 31.0 Å². The van der Waals surface area contributed by atoms with Gasteiger partial charge in [0.15, 0.2) is 5.11 Å². The van der Waals surface area contributed by atoms with Gasteiger partial charge in [-0.2, -0.15) is 5.10 Å². The normalized spacial score (nSPS) is 17.5. The predicted molar refractivity (Wildman–Crippen MR) is 109 cm³/mol. The number of para-hydroxylation sites is 1. The van der Waals surface area contributed by atoms with E-state index in [0.29, 0.717) is 23.3 Å². The zero-order chi connectivity index (χ0) is 18.8. The molecule has 1 N–H and O–H groups in total. The summed E-state index contributed by atoms with van der Waals surface area (Å²) in [6, 6.07) is 10.3. The second-order valence-corrected chi connectivity index (χ2v) is 7.61. The first-order valence-electron chi connectivity index (χ1n) is 9.65. The number of hydrazine groups is 1. The number of amides is 1. The van der Waals surface area contributed by atoms with E-state index in [-0.39, 0.29) is 5.91 Å². The summed E-state index contributed by atoms with van der Waals surface area (Å²) in [6.07, 6.45) is 7.40. The smallest absolute Gasteiger partial charge is 0.275 e. The van der Waals surface area contributed by atoms with Crippen molar-refractivity contribution >= 4 is 23.2 Å². The Kier molecular flexibility index (Phi) is 5.11. The van der Waals surface area contributed by atoms with E-state index in [0.717, 1.165) is 37.2 Å². The molecule has 6 nitrogen and oxygen atoms in total. The zero-order valence-electron chi connectivity index (χ0n) is 15.6. The van der Waals surface area contributed by atoms with Crippen molar-refractivity contribution in [1.29, 1.82) is 0 Å². The minimum Gasteiger partial charge on any atom is -0.358 e. The summed E-state index contributed by atoms with van der Waals surface area (Å²) in [5.41, 5.74) is 2.41. The van der Waals surface area contributed by atoms with Crippen molar-refractivity contribution in [1.82, 2.24) is 25.1 Å². The van der Waals surface area contributed by atoms with Crippen LogP contribution in [0.1, 0.15) is 48.2 Å². The van der Waals surface area contributed by atoms with E-state index in [9.17, 15) is 4.79 Å². The van der Waals surface area contributed by atoms with Crippen molar-refractivity contribution in [2.24, 2.45) is 0 Å². The average Bonchev–Trinajstić information content (AvgIpc) is 3.42.